The minimum Gasteiger partial charge on any atom is -0.347 e. The fourth-order valence-electron chi connectivity index (χ4n) is 4.13. The van der Waals surface area contributed by atoms with Crippen molar-refractivity contribution in [3.8, 4) is 0 Å². The minimum atomic E-state index is -2.88. The molecule has 0 aliphatic carbocycles. The van der Waals surface area contributed by atoms with Crippen molar-refractivity contribution in [3.63, 3.8) is 0 Å². The molecule has 2 aliphatic rings. The molecule has 4 rings (SSSR count). The standard InChI is InChI=1S/C19H24FN3O3S/c20-16-2-1-15-3-6-22(18(15)13-16)7-4-19(24)23-10-8-21(9-11-23)17-5-12-27(25,26)14-17/h1-3,6,13,17H,4-5,7-12,14H2/t17-/m1/s1. The molecule has 1 atom stereocenters. The number of halogens is 1. The molecule has 2 fully saturated rings. The molecule has 0 saturated carbocycles. The van der Waals surface area contributed by atoms with Gasteiger partial charge in [0.25, 0.3) is 0 Å². The Hall–Kier alpha value is -1.93. The van der Waals surface area contributed by atoms with Crippen LogP contribution in [0.25, 0.3) is 10.9 Å². The molecule has 8 heteroatoms. The Morgan fingerprint density at radius 1 is 1.15 bits per heavy atom. The lowest BCUT2D eigenvalue weighted by atomic mass is 10.2. The summed E-state index contributed by atoms with van der Waals surface area (Å²) in [5, 5.41) is 0.962. The zero-order chi connectivity index (χ0) is 19.0. The van der Waals surface area contributed by atoms with Gasteiger partial charge in [0.2, 0.25) is 5.91 Å². The van der Waals surface area contributed by atoms with E-state index in [1.807, 2.05) is 21.7 Å². The Labute approximate surface area is 158 Å². The number of sulfone groups is 1. The van der Waals surface area contributed by atoms with E-state index >= 15 is 0 Å². The van der Waals surface area contributed by atoms with Crippen molar-refractivity contribution in [2.75, 3.05) is 37.7 Å². The van der Waals surface area contributed by atoms with Crippen molar-refractivity contribution in [1.29, 1.82) is 0 Å². The number of aryl methyl sites for hydroxylation is 1. The van der Waals surface area contributed by atoms with Gasteiger partial charge in [-0.15, -0.1) is 0 Å². The number of carbonyl (C=O) groups excluding carboxylic acids is 1. The zero-order valence-electron chi connectivity index (χ0n) is 15.2. The number of rotatable bonds is 4. The van der Waals surface area contributed by atoms with Crippen molar-refractivity contribution in [2.24, 2.45) is 0 Å². The van der Waals surface area contributed by atoms with Gasteiger partial charge in [0.1, 0.15) is 5.82 Å². The van der Waals surface area contributed by atoms with Gasteiger partial charge in [-0.1, -0.05) is 0 Å². The summed E-state index contributed by atoms with van der Waals surface area (Å²) in [7, 11) is -2.88. The molecular formula is C19H24FN3O3S. The summed E-state index contributed by atoms with van der Waals surface area (Å²) in [6.07, 6.45) is 2.96. The van der Waals surface area contributed by atoms with Crippen molar-refractivity contribution in [3.05, 3.63) is 36.3 Å². The number of hydrogen-bond acceptors (Lipinski definition) is 4. The highest BCUT2D eigenvalue weighted by atomic mass is 32.2. The van der Waals surface area contributed by atoms with Crippen LogP contribution in [0.3, 0.4) is 0 Å². The number of fused-ring (bicyclic) bond motifs is 1. The molecule has 146 valence electrons. The maximum Gasteiger partial charge on any atom is 0.224 e. The molecule has 0 radical (unpaired) electrons. The van der Waals surface area contributed by atoms with Crippen LogP contribution in [0.4, 0.5) is 4.39 Å². The lowest BCUT2D eigenvalue weighted by molar-refractivity contribution is -0.133. The normalized spacial score (nSPS) is 23.1. The fourth-order valence-corrected chi connectivity index (χ4v) is 5.89. The fraction of sp³-hybridized carbons (Fsp3) is 0.526. The van der Waals surface area contributed by atoms with E-state index in [9.17, 15) is 17.6 Å². The van der Waals surface area contributed by atoms with E-state index in [0.29, 0.717) is 32.5 Å². The summed E-state index contributed by atoms with van der Waals surface area (Å²) in [5.41, 5.74) is 0.801. The second-order valence-corrected chi connectivity index (χ2v) is 9.66. The minimum absolute atomic E-state index is 0.0898. The van der Waals surface area contributed by atoms with Crippen LogP contribution in [0.5, 0.6) is 0 Å². The van der Waals surface area contributed by atoms with Gasteiger partial charge in [-0.05, 0) is 36.1 Å². The highest BCUT2D eigenvalue weighted by molar-refractivity contribution is 7.91. The maximum atomic E-state index is 13.5. The Balaban J connectivity index is 1.30. The molecule has 6 nitrogen and oxygen atoms in total. The topological polar surface area (TPSA) is 62.6 Å². The van der Waals surface area contributed by atoms with Crippen LogP contribution < -0.4 is 0 Å². The van der Waals surface area contributed by atoms with Crippen LogP contribution in [-0.2, 0) is 21.2 Å². The number of amides is 1. The van der Waals surface area contributed by atoms with Crippen molar-refractivity contribution >= 4 is 26.6 Å². The van der Waals surface area contributed by atoms with Crippen LogP contribution in [-0.4, -0.2) is 72.4 Å². The first kappa shape index (κ1) is 18.4. The van der Waals surface area contributed by atoms with Gasteiger partial charge >= 0.3 is 0 Å². The number of piperazine rings is 1. The molecule has 0 N–H and O–H groups in total. The quantitative estimate of drug-likeness (QED) is 0.790. The lowest BCUT2D eigenvalue weighted by Crippen LogP contribution is -2.52. The van der Waals surface area contributed by atoms with Gasteiger partial charge in [-0.2, -0.15) is 0 Å². The molecule has 0 spiro atoms. The largest absolute Gasteiger partial charge is 0.347 e. The van der Waals surface area contributed by atoms with Crippen molar-refractivity contribution in [1.82, 2.24) is 14.4 Å². The predicted octanol–water partition coefficient (Wildman–Crippen LogP) is 1.50. The summed E-state index contributed by atoms with van der Waals surface area (Å²) in [6.45, 7) is 3.24. The first-order chi connectivity index (χ1) is 12.9. The molecule has 1 aromatic heterocycles. The van der Waals surface area contributed by atoms with E-state index in [0.717, 1.165) is 24.0 Å². The lowest BCUT2D eigenvalue weighted by Gasteiger charge is -2.37. The molecule has 3 heterocycles. The predicted molar refractivity (Wildman–Crippen MR) is 102 cm³/mol. The van der Waals surface area contributed by atoms with Crippen LogP contribution in [0.15, 0.2) is 30.5 Å². The highest BCUT2D eigenvalue weighted by Crippen LogP contribution is 2.20. The monoisotopic (exact) mass is 393 g/mol. The first-order valence-electron chi connectivity index (χ1n) is 9.38. The van der Waals surface area contributed by atoms with Crippen LogP contribution >= 0.6 is 0 Å². The summed E-state index contributed by atoms with van der Waals surface area (Å²) in [4.78, 5) is 16.6. The van der Waals surface area contributed by atoms with Gasteiger partial charge in [0.15, 0.2) is 9.84 Å². The molecule has 0 bridgehead atoms. The van der Waals surface area contributed by atoms with Crippen LogP contribution in [0.1, 0.15) is 12.8 Å². The molecule has 2 aliphatic heterocycles. The number of hydrogen-bond donors (Lipinski definition) is 0. The van der Waals surface area contributed by atoms with Crippen molar-refractivity contribution in [2.45, 2.75) is 25.4 Å². The SMILES string of the molecule is O=C(CCn1ccc2ccc(F)cc21)N1CCN([C@@H]2CCS(=O)(=O)C2)CC1. The molecule has 1 aromatic carbocycles. The van der Waals surface area contributed by atoms with E-state index < -0.39 is 9.84 Å². The number of aromatic nitrogens is 1. The van der Waals surface area contributed by atoms with E-state index in [2.05, 4.69) is 4.90 Å². The van der Waals surface area contributed by atoms with Gasteiger partial charge in [-0.3, -0.25) is 9.69 Å². The van der Waals surface area contributed by atoms with Gasteiger partial charge in [0, 0.05) is 51.4 Å². The third-order valence-electron chi connectivity index (χ3n) is 5.69. The molecule has 1 amide bonds. The van der Waals surface area contributed by atoms with E-state index in [1.165, 1.54) is 12.1 Å². The summed E-state index contributed by atoms with van der Waals surface area (Å²) in [5.74, 6) is 0.339. The van der Waals surface area contributed by atoms with E-state index in [-0.39, 0.29) is 29.3 Å². The number of nitrogens with zero attached hydrogens (tertiary/aromatic N) is 3. The van der Waals surface area contributed by atoms with Gasteiger partial charge in [0.05, 0.1) is 17.0 Å². The van der Waals surface area contributed by atoms with E-state index in [1.54, 1.807) is 6.07 Å². The van der Waals surface area contributed by atoms with E-state index in [4.69, 9.17) is 0 Å². The highest BCUT2D eigenvalue weighted by Gasteiger charge is 2.34. The Kier molecular flexibility index (Phi) is 4.94. The average Bonchev–Trinajstić information content (AvgIpc) is 3.22. The van der Waals surface area contributed by atoms with Crippen LogP contribution in [0, 0.1) is 5.82 Å². The third-order valence-corrected chi connectivity index (χ3v) is 7.44. The molecule has 0 unspecified atom stereocenters. The van der Waals surface area contributed by atoms with Crippen molar-refractivity contribution < 1.29 is 17.6 Å². The number of benzene rings is 1. The molecule has 2 aromatic rings. The summed E-state index contributed by atoms with van der Waals surface area (Å²) in [6, 6.07) is 6.70. The first-order valence-corrected chi connectivity index (χ1v) is 11.2. The smallest absolute Gasteiger partial charge is 0.224 e. The maximum absolute atomic E-state index is 13.5. The van der Waals surface area contributed by atoms with Gasteiger partial charge in [-0.25, -0.2) is 12.8 Å². The third kappa shape index (κ3) is 4.01. The second-order valence-electron chi connectivity index (χ2n) is 7.44. The Bertz CT molecular complexity index is 948. The molecular weight excluding hydrogens is 369 g/mol. The Morgan fingerprint density at radius 3 is 2.63 bits per heavy atom. The molecule has 2 saturated heterocycles. The average molecular weight is 393 g/mol. The van der Waals surface area contributed by atoms with Gasteiger partial charge < -0.3 is 9.47 Å². The Morgan fingerprint density at radius 2 is 1.93 bits per heavy atom. The molecule has 27 heavy (non-hydrogen) atoms. The van der Waals surface area contributed by atoms with Crippen LogP contribution in [0.2, 0.25) is 0 Å². The number of carbonyl (C=O) groups is 1. The summed E-state index contributed by atoms with van der Waals surface area (Å²) < 4.78 is 38.7. The summed E-state index contributed by atoms with van der Waals surface area (Å²) >= 11 is 0. The second kappa shape index (κ2) is 7.24. The zero-order valence-corrected chi connectivity index (χ0v) is 16.0.